The molecule has 2 aliphatic rings. The zero-order chi connectivity index (χ0) is 24.4. The summed E-state index contributed by atoms with van der Waals surface area (Å²) in [5, 5.41) is 91.5. The summed E-state index contributed by atoms with van der Waals surface area (Å²) in [6, 6.07) is -1.44. The predicted molar refractivity (Wildman–Crippen MR) is 97.4 cm³/mol. The molecule has 1 amide bonds. The lowest BCUT2D eigenvalue weighted by atomic mass is 9.88. The first-order valence-corrected chi connectivity index (χ1v) is 9.70. The van der Waals surface area contributed by atoms with E-state index >= 15 is 0 Å². The van der Waals surface area contributed by atoms with Gasteiger partial charge in [0, 0.05) is 13.3 Å². The molecule has 9 unspecified atom stereocenters. The molecule has 0 aromatic rings. The minimum Gasteiger partial charge on any atom is -0.477 e. The van der Waals surface area contributed by atoms with Gasteiger partial charge in [0.25, 0.3) is 5.79 Å². The maximum Gasteiger partial charge on any atom is 0.364 e. The van der Waals surface area contributed by atoms with E-state index in [1.54, 1.807) is 0 Å². The Labute approximate surface area is 181 Å². The number of hydrogen-bond donors (Lipinski definition) is 10. The zero-order valence-electron chi connectivity index (χ0n) is 17.0. The van der Waals surface area contributed by atoms with Crippen LogP contribution in [0.4, 0.5) is 0 Å². The summed E-state index contributed by atoms with van der Waals surface area (Å²) in [7, 11) is 0. The van der Waals surface area contributed by atoms with Gasteiger partial charge < -0.3 is 65.5 Å². The fourth-order valence-corrected chi connectivity index (χ4v) is 3.67. The van der Waals surface area contributed by atoms with Crippen LogP contribution in [0, 0.1) is 0 Å². The van der Waals surface area contributed by atoms with E-state index in [1.807, 2.05) is 0 Å². The molecule has 0 aromatic carbocycles. The second-order valence-corrected chi connectivity index (χ2v) is 7.69. The highest BCUT2D eigenvalue weighted by Gasteiger charge is 2.59. The SMILES string of the molecule is CC(=O)NC1C(O)CC(OC2C(O)C(O)OC(CO)C2O)(C(=O)O)OC1[C@@H](O)[C@H](O)CO. The smallest absolute Gasteiger partial charge is 0.364 e. The number of rotatable bonds is 8. The molecule has 2 fully saturated rings. The Morgan fingerprint density at radius 2 is 1.78 bits per heavy atom. The number of carbonyl (C=O) groups excluding carboxylic acids is 1. The molecule has 0 spiro atoms. The Morgan fingerprint density at radius 1 is 1.16 bits per heavy atom. The van der Waals surface area contributed by atoms with Crippen molar-refractivity contribution in [3.05, 3.63) is 0 Å². The van der Waals surface area contributed by atoms with Gasteiger partial charge in [0.1, 0.15) is 42.7 Å². The molecule has 15 nitrogen and oxygen atoms in total. The number of amides is 1. The van der Waals surface area contributed by atoms with E-state index in [1.165, 1.54) is 0 Å². The quantitative estimate of drug-likeness (QED) is 0.158. The highest BCUT2D eigenvalue weighted by atomic mass is 16.7. The van der Waals surface area contributed by atoms with E-state index < -0.39 is 98.5 Å². The molecule has 10 N–H and O–H groups in total. The third kappa shape index (κ3) is 5.35. The molecule has 2 aliphatic heterocycles. The van der Waals surface area contributed by atoms with Crippen molar-refractivity contribution >= 4 is 11.9 Å². The second kappa shape index (κ2) is 10.6. The van der Waals surface area contributed by atoms with E-state index in [0.717, 1.165) is 6.92 Å². The van der Waals surface area contributed by atoms with Crippen LogP contribution >= 0.6 is 0 Å². The van der Waals surface area contributed by atoms with Gasteiger partial charge in [-0.05, 0) is 0 Å². The van der Waals surface area contributed by atoms with E-state index in [9.17, 15) is 50.4 Å². The van der Waals surface area contributed by atoms with Crippen LogP contribution in [0.3, 0.4) is 0 Å². The average molecular weight is 471 g/mol. The largest absolute Gasteiger partial charge is 0.477 e. The highest BCUT2D eigenvalue weighted by Crippen LogP contribution is 2.37. The lowest BCUT2D eigenvalue weighted by Crippen LogP contribution is -2.70. The van der Waals surface area contributed by atoms with Crippen molar-refractivity contribution in [3.63, 3.8) is 0 Å². The van der Waals surface area contributed by atoms with Crippen molar-refractivity contribution in [2.45, 2.75) is 80.3 Å². The Balaban J connectivity index is 2.42. The standard InChI is InChI=1S/C17H29NO14/c1-5(21)18-9-6(22)2-17(16(28)29,31-13(9)10(24)7(23)3-19)32-14-11(25)8(4-20)30-15(27)12(14)26/h6-15,19-20,22-27H,2-4H2,1H3,(H,18,21)(H,28,29)/t6?,7-,8?,9?,10+,11?,12?,13?,14?,15?,17?/m1/s1. The van der Waals surface area contributed by atoms with Crippen molar-refractivity contribution in [2.75, 3.05) is 13.2 Å². The Morgan fingerprint density at radius 3 is 2.28 bits per heavy atom. The Kier molecular flexibility index (Phi) is 8.88. The number of carboxylic acids is 1. The first kappa shape index (κ1) is 26.7. The number of nitrogens with one attached hydrogen (secondary N) is 1. The van der Waals surface area contributed by atoms with E-state index in [2.05, 4.69) is 5.32 Å². The number of carbonyl (C=O) groups is 2. The second-order valence-electron chi connectivity index (χ2n) is 7.69. The summed E-state index contributed by atoms with van der Waals surface area (Å²) in [6.07, 6.45) is -17.6. The predicted octanol–water partition coefficient (Wildman–Crippen LogP) is -6.05. The summed E-state index contributed by atoms with van der Waals surface area (Å²) < 4.78 is 15.5. The molecule has 15 heteroatoms. The van der Waals surface area contributed by atoms with Crippen LogP contribution < -0.4 is 5.32 Å². The fourth-order valence-electron chi connectivity index (χ4n) is 3.67. The summed E-state index contributed by atoms with van der Waals surface area (Å²) in [6.45, 7) is -0.741. The number of aliphatic hydroxyl groups is 8. The third-order valence-electron chi connectivity index (χ3n) is 5.35. The fraction of sp³-hybridized carbons (Fsp3) is 0.882. The van der Waals surface area contributed by atoms with Gasteiger partial charge >= 0.3 is 5.97 Å². The first-order chi connectivity index (χ1) is 14.9. The maximum absolute atomic E-state index is 12.1. The van der Waals surface area contributed by atoms with Gasteiger partial charge in [-0.2, -0.15) is 0 Å². The van der Waals surface area contributed by atoms with E-state index in [4.69, 9.17) is 19.3 Å². The topological polar surface area (TPSA) is 256 Å². The van der Waals surface area contributed by atoms with Crippen LogP contribution in [0.5, 0.6) is 0 Å². The molecule has 2 rings (SSSR count). The number of ether oxygens (including phenoxy) is 3. The molecule has 186 valence electrons. The molecule has 0 bridgehead atoms. The van der Waals surface area contributed by atoms with Crippen molar-refractivity contribution in [3.8, 4) is 0 Å². The van der Waals surface area contributed by atoms with Crippen LogP contribution in [-0.2, 0) is 23.8 Å². The monoisotopic (exact) mass is 471 g/mol. The molecule has 11 atom stereocenters. The van der Waals surface area contributed by atoms with Crippen molar-refractivity contribution in [1.82, 2.24) is 5.32 Å². The van der Waals surface area contributed by atoms with Crippen LogP contribution in [0.25, 0.3) is 0 Å². The molecule has 0 aromatic heterocycles. The molecular weight excluding hydrogens is 442 g/mol. The lowest BCUT2D eigenvalue weighted by Gasteiger charge is -2.49. The van der Waals surface area contributed by atoms with Gasteiger partial charge in [-0.15, -0.1) is 0 Å². The van der Waals surface area contributed by atoms with E-state index in [-0.39, 0.29) is 0 Å². The molecular formula is C17H29NO14. The summed E-state index contributed by atoms with van der Waals surface area (Å²) in [5.74, 6) is -5.44. The van der Waals surface area contributed by atoms with Gasteiger partial charge in [0.05, 0.1) is 25.4 Å². The molecule has 0 aliphatic carbocycles. The number of carboxylic acid groups (broad SMARTS) is 1. The summed E-state index contributed by atoms with van der Waals surface area (Å²) in [5.41, 5.74) is 0. The highest BCUT2D eigenvalue weighted by molar-refractivity contribution is 5.76. The maximum atomic E-state index is 12.1. The third-order valence-corrected chi connectivity index (χ3v) is 5.35. The van der Waals surface area contributed by atoms with Crippen LogP contribution in [-0.4, -0.2) is 138 Å². The Hall–Kier alpha value is -1.50. The number of hydrogen-bond acceptors (Lipinski definition) is 13. The number of aliphatic carboxylic acids is 1. The van der Waals surface area contributed by atoms with Gasteiger partial charge in [0.15, 0.2) is 6.29 Å². The normalized spacial score (nSPS) is 42.2. The average Bonchev–Trinajstić information content (AvgIpc) is 2.73. The van der Waals surface area contributed by atoms with Crippen molar-refractivity contribution in [1.29, 1.82) is 0 Å². The van der Waals surface area contributed by atoms with Crippen molar-refractivity contribution in [2.24, 2.45) is 0 Å². The first-order valence-electron chi connectivity index (χ1n) is 9.70. The van der Waals surface area contributed by atoms with Crippen LogP contribution in [0.1, 0.15) is 13.3 Å². The Bertz CT molecular complexity index is 665. The van der Waals surface area contributed by atoms with E-state index in [0.29, 0.717) is 0 Å². The molecule has 0 saturated carbocycles. The molecule has 2 heterocycles. The van der Waals surface area contributed by atoms with Gasteiger partial charge in [-0.3, -0.25) is 4.79 Å². The minimum atomic E-state index is -2.86. The summed E-state index contributed by atoms with van der Waals surface area (Å²) >= 11 is 0. The van der Waals surface area contributed by atoms with Gasteiger partial charge in [0.2, 0.25) is 5.91 Å². The zero-order valence-corrected chi connectivity index (χ0v) is 17.0. The van der Waals surface area contributed by atoms with Gasteiger partial charge in [-0.1, -0.05) is 0 Å². The van der Waals surface area contributed by atoms with Crippen LogP contribution in [0.15, 0.2) is 0 Å². The molecule has 2 saturated heterocycles. The van der Waals surface area contributed by atoms with Crippen molar-refractivity contribution < 1.29 is 69.8 Å². The summed E-state index contributed by atoms with van der Waals surface area (Å²) in [4.78, 5) is 23.6. The molecule has 0 radical (unpaired) electrons. The van der Waals surface area contributed by atoms with Crippen LogP contribution in [0.2, 0.25) is 0 Å². The lowest BCUT2D eigenvalue weighted by molar-refractivity contribution is -0.366. The minimum absolute atomic E-state index is 0.693. The number of aliphatic hydroxyl groups excluding tert-OH is 8. The molecule has 32 heavy (non-hydrogen) atoms. The van der Waals surface area contributed by atoms with Gasteiger partial charge in [-0.25, -0.2) is 4.79 Å².